The van der Waals surface area contributed by atoms with E-state index in [2.05, 4.69) is 41.3 Å². The van der Waals surface area contributed by atoms with Gasteiger partial charge in [0.25, 0.3) is 5.91 Å². The smallest absolute Gasteiger partial charge is 0.267 e. The maximum absolute atomic E-state index is 12.5. The van der Waals surface area contributed by atoms with E-state index in [1.54, 1.807) is 6.20 Å². The zero-order valence-electron chi connectivity index (χ0n) is 14.5. The molecule has 1 amide bonds. The van der Waals surface area contributed by atoms with Crippen LogP contribution in [0.4, 0.5) is 5.82 Å². The van der Waals surface area contributed by atoms with Crippen molar-refractivity contribution >= 4 is 22.6 Å². The summed E-state index contributed by atoms with van der Waals surface area (Å²) in [6, 6.07) is 9.95. The Labute approximate surface area is 141 Å². The van der Waals surface area contributed by atoms with E-state index in [9.17, 15) is 4.79 Å². The third kappa shape index (κ3) is 3.11. The van der Waals surface area contributed by atoms with Crippen LogP contribution in [0.2, 0.25) is 0 Å². The summed E-state index contributed by atoms with van der Waals surface area (Å²) in [6.45, 7) is 4.55. The number of H-pyrrole nitrogens is 1. The number of nitrogens with zero attached hydrogens (tertiary/aromatic N) is 2. The number of rotatable bonds is 4. The van der Waals surface area contributed by atoms with E-state index in [0.717, 1.165) is 22.3 Å². The average molecular weight is 322 g/mol. The van der Waals surface area contributed by atoms with E-state index in [4.69, 9.17) is 0 Å². The van der Waals surface area contributed by atoms with E-state index in [0.29, 0.717) is 12.2 Å². The summed E-state index contributed by atoms with van der Waals surface area (Å²) >= 11 is 0. The Morgan fingerprint density at radius 2 is 2.04 bits per heavy atom. The molecule has 3 rings (SSSR count). The molecular formula is C19H22N4O. The van der Waals surface area contributed by atoms with E-state index >= 15 is 0 Å². The van der Waals surface area contributed by atoms with Crippen molar-refractivity contribution in [3.8, 4) is 0 Å². The molecule has 0 spiro atoms. The SMILES string of the molecule is Cc1cc(C)c2cc(C(=O)NCc3cccnc3N(C)C)[nH]c2c1. The van der Waals surface area contributed by atoms with E-state index < -0.39 is 0 Å². The summed E-state index contributed by atoms with van der Waals surface area (Å²) in [5.41, 5.74) is 4.91. The molecule has 3 aromatic rings. The number of hydrogen-bond acceptors (Lipinski definition) is 3. The first-order valence-corrected chi connectivity index (χ1v) is 7.95. The van der Waals surface area contributed by atoms with E-state index in [-0.39, 0.29) is 5.91 Å². The van der Waals surface area contributed by atoms with E-state index in [1.807, 2.05) is 37.2 Å². The number of aryl methyl sites for hydroxylation is 2. The number of fused-ring (bicyclic) bond motifs is 1. The molecule has 0 aliphatic carbocycles. The highest BCUT2D eigenvalue weighted by atomic mass is 16.1. The van der Waals surface area contributed by atoms with Gasteiger partial charge < -0.3 is 15.2 Å². The van der Waals surface area contributed by atoms with Crippen molar-refractivity contribution in [2.24, 2.45) is 0 Å². The highest BCUT2D eigenvalue weighted by Crippen LogP contribution is 2.21. The van der Waals surface area contributed by atoms with Crippen LogP contribution < -0.4 is 10.2 Å². The van der Waals surface area contributed by atoms with Gasteiger partial charge in [0.2, 0.25) is 0 Å². The monoisotopic (exact) mass is 322 g/mol. The van der Waals surface area contributed by atoms with Crippen LogP contribution in [-0.4, -0.2) is 30.0 Å². The Kier molecular flexibility index (Phi) is 4.25. The molecule has 24 heavy (non-hydrogen) atoms. The first kappa shape index (κ1) is 16.1. The van der Waals surface area contributed by atoms with Gasteiger partial charge in [-0.25, -0.2) is 4.98 Å². The zero-order valence-corrected chi connectivity index (χ0v) is 14.5. The van der Waals surface area contributed by atoms with Gasteiger partial charge in [-0.2, -0.15) is 0 Å². The lowest BCUT2D eigenvalue weighted by atomic mass is 10.1. The highest BCUT2D eigenvalue weighted by molar-refractivity contribution is 5.99. The molecule has 0 fully saturated rings. The van der Waals surface area contributed by atoms with Gasteiger partial charge in [-0.15, -0.1) is 0 Å². The van der Waals surface area contributed by atoms with Crippen LogP contribution >= 0.6 is 0 Å². The fourth-order valence-electron chi connectivity index (χ4n) is 2.96. The molecule has 0 unspecified atom stereocenters. The van der Waals surface area contributed by atoms with Gasteiger partial charge in [-0.05, 0) is 43.2 Å². The molecule has 0 atom stereocenters. The molecule has 1 aromatic carbocycles. The van der Waals surface area contributed by atoms with Crippen molar-refractivity contribution < 1.29 is 4.79 Å². The maximum atomic E-state index is 12.5. The number of aromatic amines is 1. The van der Waals surface area contributed by atoms with Crippen LogP contribution in [0, 0.1) is 13.8 Å². The van der Waals surface area contributed by atoms with Crippen LogP contribution in [-0.2, 0) is 6.54 Å². The summed E-state index contributed by atoms with van der Waals surface area (Å²) < 4.78 is 0. The van der Waals surface area contributed by atoms with Crippen LogP contribution in [0.1, 0.15) is 27.2 Å². The van der Waals surface area contributed by atoms with Crippen molar-refractivity contribution in [2.45, 2.75) is 20.4 Å². The molecule has 0 aliphatic heterocycles. The minimum atomic E-state index is -0.114. The fourth-order valence-corrected chi connectivity index (χ4v) is 2.96. The van der Waals surface area contributed by atoms with Gasteiger partial charge in [0.15, 0.2) is 0 Å². The molecule has 2 N–H and O–H groups in total. The molecular weight excluding hydrogens is 300 g/mol. The van der Waals surface area contributed by atoms with Crippen molar-refractivity contribution in [3.05, 3.63) is 58.9 Å². The number of carbonyl (C=O) groups excluding carboxylic acids is 1. The third-order valence-corrected chi connectivity index (χ3v) is 4.06. The Morgan fingerprint density at radius 1 is 1.25 bits per heavy atom. The average Bonchev–Trinajstić information content (AvgIpc) is 2.97. The van der Waals surface area contributed by atoms with Gasteiger partial charge in [-0.3, -0.25) is 4.79 Å². The largest absolute Gasteiger partial charge is 0.362 e. The first-order chi connectivity index (χ1) is 11.5. The molecule has 0 saturated heterocycles. The number of aromatic nitrogens is 2. The minimum Gasteiger partial charge on any atom is -0.362 e. The Morgan fingerprint density at radius 3 is 2.79 bits per heavy atom. The number of pyridine rings is 1. The summed E-state index contributed by atoms with van der Waals surface area (Å²) in [6.07, 6.45) is 1.75. The lowest BCUT2D eigenvalue weighted by Crippen LogP contribution is -2.24. The predicted octanol–water partition coefficient (Wildman–Crippen LogP) is 3.18. The highest BCUT2D eigenvalue weighted by Gasteiger charge is 2.12. The van der Waals surface area contributed by atoms with Crippen molar-refractivity contribution in [2.75, 3.05) is 19.0 Å². The van der Waals surface area contributed by atoms with Crippen LogP contribution in [0.5, 0.6) is 0 Å². The second-order valence-corrected chi connectivity index (χ2v) is 6.29. The number of hydrogen-bond donors (Lipinski definition) is 2. The first-order valence-electron chi connectivity index (χ1n) is 7.95. The standard InChI is InChI=1S/C19H22N4O/c1-12-8-13(2)15-10-17(22-16(15)9-12)19(24)21-11-14-6-5-7-20-18(14)23(3)4/h5-10,22H,11H2,1-4H3,(H,21,24). The molecule has 0 aliphatic rings. The molecule has 5 nitrogen and oxygen atoms in total. The Bertz CT molecular complexity index is 896. The summed E-state index contributed by atoms with van der Waals surface area (Å²) in [5, 5.41) is 4.05. The summed E-state index contributed by atoms with van der Waals surface area (Å²) in [4.78, 5) is 22.0. The molecule has 5 heteroatoms. The number of carbonyl (C=O) groups is 1. The van der Waals surface area contributed by atoms with Crippen molar-refractivity contribution in [1.29, 1.82) is 0 Å². The van der Waals surface area contributed by atoms with Crippen LogP contribution in [0.3, 0.4) is 0 Å². The lowest BCUT2D eigenvalue weighted by molar-refractivity contribution is 0.0947. The van der Waals surface area contributed by atoms with Gasteiger partial charge in [0.05, 0.1) is 0 Å². The number of nitrogens with one attached hydrogen (secondary N) is 2. The Balaban J connectivity index is 1.80. The summed E-state index contributed by atoms with van der Waals surface area (Å²) in [7, 11) is 3.88. The van der Waals surface area contributed by atoms with Crippen molar-refractivity contribution in [1.82, 2.24) is 15.3 Å². The van der Waals surface area contributed by atoms with Crippen LogP contribution in [0.15, 0.2) is 36.5 Å². The molecule has 0 bridgehead atoms. The number of anilines is 1. The second kappa shape index (κ2) is 6.35. The number of amides is 1. The molecule has 124 valence electrons. The minimum absolute atomic E-state index is 0.114. The summed E-state index contributed by atoms with van der Waals surface area (Å²) in [5.74, 6) is 0.748. The molecule has 0 saturated carbocycles. The zero-order chi connectivity index (χ0) is 17.3. The molecule has 2 heterocycles. The van der Waals surface area contributed by atoms with Gasteiger partial charge in [0.1, 0.15) is 11.5 Å². The quantitative estimate of drug-likeness (QED) is 0.775. The molecule has 2 aromatic heterocycles. The molecule has 0 radical (unpaired) electrons. The van der Waals surface area contributed by atoms with Gasteiger partial charge in [-0.1, -0.05) is 12.1 Å². The second-order valence-electron chi connectivity index (χ2n) is 6.29. The van der Waals surface area contributed by atoms with Gasteiger partial charge in [0, 0.05) is 43.3 Å². The fraction of sp³-hybridized carbons (Fsp3) is 0.263. The lowest BCUT2D eigenvalue weighted by Gasteiger charge is -2.15. The topological polar surface area (TPSA) is 61.0 Å². The van der Waals surface area contributed by atoms with E-state index in [1.165, 1.54) is 11.1 Å². The third-order valence-electron chi connectivity index (χ3n) is 4.06. The van der Waals surface area contributed by atoms with Crippen LogP contribution in [0.25, 0.3) is 10.9 Å². The van der Waals surface area contributed by atoms with Crippen molar-refractivity contribution in [3.63, 3.8) is 0 Å². The Hall–Kier alpha value is -2.82. The number of benzene rings is 1. The maximum Gasteiger partial charge on any atom is 0.267 e. The van der Waals surface area contributed by atoms with Gasteiger partial charge >= 0.3 is 0 Å². The predicted molar refractivity (Wildman–Crippen MR) is 97.5 cm³/mol. The normalized spacial score (nSPS) is 10.8.